The number of anilines is 1. The molecule has 0 aromatic heterocycles. The summed E-state index contributed by atoms with van der Waals surface area (Å²) in [6.07, 6.45) is 0.912. The van der Waals surface area contributed by atoms with E-state index in [2.05, 4.69) is 5.01 Å². The standard InChI is InChI=1S/C20H15Cl4N3O2/c21-10-2-3-14(15(24)9-10)17-16-18(26-5-1-4-25(17)26)20(29)27(19(16)28)13-7-11(22)6-12(23)8-13/h2-3,6-9,16-18H,1,4-5H2/t16-,17+,18+/m1/s1. The number of nitrogens with zero attached hydrogens (tertiary/aromatic N) is 3. The lowest BCUT2D eigenvalue weighted by atomic mass is 9.90. The molecule has 150 valence electrons. The van der Waals surface area contributed by atoms with E-state index in [4.69, 9.17) is 46.4 Å². The van der Waals surface area contributed by atoms with Gasteiger partial charge in [0.15, 0.2) is 0 Å². The van der Waals surface area contributed by atoms with Gasteiger partial charge in [-0.05, 0) is 42.3 Å². The van der Waals surface area contributed by atoms with Gasteiger partial charge in [0.2, 0.25) is 5.91 Å². The van der Waals surface area contributed by atoms with E-state index < -0.39 is 12.0 Å². The van der Waals surface area contributed by atoms with Crippen LogP contribution in [0.4, 0.5) is 5.69 Å². The summed E-state index contributed by atoms with van der Waals surface area (Å²) in [5, 5.41) is 5.85. The van der Waals surface area contributed by atoms with E-state index in [-0.39, 0.29) is 17.9 Å². The highest BCUT2D eigenvalue weighted by molar-refractivity contribution is 6.36. The van der Waals surface area contributed by atoms with E-state index in [0.29, 0.717) is 32.3 Å². The molecule has 3 fully saturated rings. The summed E-state index contributed by atoms with van der Waals surface area (Å²) < 4.78 is 0. The highest BCUT2D eigenvalue weighted by Crippen LogP contribution is 2.50. The van der Waals surface area contributed by atoms with Gasteiger partial charge in [0.1, 0.15) is 6.04 Å². The summed E-state index contributed by atoms with van der Waals surface area (Å²) in [5.41, 5.74) is 1.18. The number of halogens is 4. The number of carbonyl (C=O) groups excluding carboxylic acids is 2. The molecule has 2 aromatic carbocycles. The Kier molecular flexibility index (Phi) is 4.81. The summed E-state index contributed by atoms with van der Waals surface area (Å²) in [5.74, 6) is -1.11. The molecule has 0 unspecified atom stereocenters. The molecule has 0 saturated carbocycles. The van der Waals surface area contributed by atoms with E-state index in [0.717, 1.165) is 18.5 Å². The van der Waals surface area contributed by atoms with Gasteiger partial charge < -0.3 is 0 Å². The Labute approximate surface area is 187 Å². The molecule has 3 heterocycles. The molecule has 0 N–H and O–H groups in total. The molecule has 3 aliphatic rings. The van der Waals surface area contributed by atoms with Crippen molar-refractivity contribution < 1.29 is 9.59 Å². The first-order chi connectivity index (χ1) is 13.9. The van der Waals surface area contributed by atoms with Crippen LogP contribution in [-0.4, -0.2) is 41.0 Å². The van der Waals surface area contributed by atoms with Gasteiger partial charge in [-0.1, -0.05) is 52.5 Å². The molecule has 29 heavy (non-hydrogen) atoms. The number of amides is 2. The second-order valence-corrected chi connectivity index (χ2v) is 9.12. The maximum Gasteiger partial charge on any atom is 0.253 e. The molecule has 5 rings (SSSR count). The topological polar surface area (TPSA) is 43.9 Å². The van der Waals surface area contributed by atoms with Crippen LogP contribution in [0.15, 0.2) is 36.4 Å². The molecule has 3 saturated heterocycles. The van der Waals surface area contributed by atoms with Crippen molar-refractivity contribution in [1.82, 2.24) is 10.0 Å². The van der Waals surface area contributed by atoms with E-state index in [1.807, 2.05) is 11.1 Å². The van der Waals surface area contributed by atoms with Gasteiger partial charge in [0.25, 0.3) is 5.91 Å². The predicted molar refractivity (Wildman–Crippen MR) is 113 cm³/mol. The van der Waals surface area contributed by atoms with Crippen LogP contribution in [0, 0.1) is 5.92 Å². The van der Waals surface area contributed by atoms with Crippen molar-refractivity contribution in [1.29, 1.82) is 0 Å². The van der Waals surface area contributed by atoms with Crippen LogP contribution in [0.25, 0.3) is 0 Å². The SMILES string of the molecule is O=C1[C@H]2[C@@H](C(=O)N1c1cc(Cl)cc(Cl)c1)N1CCCN1[C@H]2c1ccc(Cl)cc1Cl. The summed E-state index contributed by atoms with van der Waals surface area (Å²) in [6.45, 7) is 1.48. The third-order valence-electron chi connectivity index (χ3n) is 5.79. The largest absolute Gasteiger partial charge is 0.274 e. The van der Waals surface area contributed by atoms with E-state index >= 15 is 0 Å². The monoisotopic (exact) mass is 469 g/mol. The maximum absolute atomic E-state index is 13.5. The lowest BCUT2D eigenvalue weighted by Gasteiger charge is -2.30. The van der Waals surface area contributed by atoms with Crippen LogP contribution in [0.5, 0.6) is 0 Å². The molecular weight excluding hydrogens is 456 g/mol. The van der Waals surface area contributed by atoms with Crippen molar-refractivity contribution in [2.75, 3.05) is 18.0 Å². The third kappa shape index (κ3) is 2.99. The fourth-order valence-electron chi connectivity index (χ4n) is 4.75. The van der Waals surface area contributed by atoms with E-state index in [1.165, 1.54) is 4.90 Å². The Morgan fingerprint density at radius 2 is 1.41 bits per heavy atom. The Bertz CT molecular complexity index is 1030. The normalized spacial score (nSPS) is 27.0. The fraction of sp³-hybridized carbons (Fsp3) is 0.300. The van der Waals surface area contributed by atoms with E-state index in [9.17, 15) is 9.59 Å². The van der Waals surface area contributed by atoms with Gasteiger partial charge >= 0.3 is 0 Å². The quantitative estimate of drug-likeness (QED) is 0.589. The van der Waals surface area contributed by atoms with E-state index in [1.54, 1.807) is 30.3 Å². The van der Waals surface area contributed by atoms with Crippen LogP contribution >= 0.6 is 46.4 Å². The second-order valence-electron chi connectivity index (χ2n) is 7.40. The molecule has 0 spiro atoms. The molecule has 9 heteroatoms. The summed E-state index contributed by atoms with van der Waals surface area (Å²) in [7, 11) is 0. The molecule has 2 aromatic rings. The first-order valence-corrected chi connectivity index (χ1v) is 10.7. The van der Waals surface area contributed by atoms with Crippen molar-refractivity contribution in [2.45, 2.75) is 18.5 Å². The number of hydrogen-bond acceptors (Lipinski definition) is 4. The van der Waals surface area contributed by atoms with Crippen molar-refractivity contribution in [3.8, 4) is 0 Å². The van der Waals surface area contributed by atoms with Crippen LogP contribution in [0.3, 0.4) is 0 Å². The first-order valence-electron chi connectivity index (χ1n) is 9.19. The smallest absolute Gasteiger partial charge is 0.253 e. The maximum atomic E-state index is 13.5. The Hall–Kier alpha value is -1.34. The lowest BCUT2D eigenvalue weighted by Crippen LogP contribution is -2.44. The number of hydrazine groups is 1. The number of carbonyl (C=O) groups is 2. The van der Waals surface area contributed by atoms with Crippen LogP contribution in [0.2, 0.25) is 20.1 Å². The Balaban J connectivity index is 1.61. The average molecular weight is 471 g/mol. The van der Waals surface area contributed by atoms with Gasteiger partial charge in [-0.3, -0.25) is 9.59 Å². The molecule has 5 nitrogen and oxygen atoms in total. The Morgan fingerprint density at radius 1 is 0.759 bits per heavy atom. The third-order valence-corrected chi connectivity index (χ3v) is 6.79. The average Bonchev–Trinajstić information content (AvgIpc) is 3.27. The van der Waals surface area contributed by atoms with Gasteiger partial charge in [0.05, 0.1) is 17.6 Å². The van der Waals surface area contributed by atoms with Crippen LogP contribution in [-0.2, 0) is 9.59 Å². The van der Waals surface area contributed by atoms with Crippen molar-refractivity contribution >= 4 is 63.9 Å². The molecular formula is C20H15Cl4N3O2. The van der Waals surface area contributed by atoms with Crippen molar-refractivity contribution in [3.05, 3.63) is 62.1 Å². The number of fused-ring (bicyclic) bond motifs is 3. The molecule has 2 amide bonds. The van der Waals surface area contributed by atoms with Crippen molar-refractivity contribution in [3.63, 3.8) is 0 Å². The summed E-state index contributed by atoms with van der Waals surface area (Å²) in [4.78, 5) is 28.1. The summed E-state index contributed by atoms with van der Waals surface area (Å²) >= 11 is 24.8. The van der Waals surface area contributed by atoms with Crippen LogP contribution in [0.1, 0.15) is 18.0 Å². The molecule has 0 radical (unpaired) electrons. The molecule has 0 aliphatic carbocycles. The second kappa shape index (κ2) is 7.12. The van der Waals surface area contributed by atoms with Gasteiger partial charge in [-0.15, -0.1) is 0 Å². The minimum absolute atomic E-state index is 0.266. The highest BCUT2D eigenvalue weighted by atomic mass is 35.5. The molecule has 3 aliphatic heterocycles. The van der Waals surface area contributed by atoms with Gasteiger partial charge in [0, 0.05) is 33.2 Å². The molecule has 0 bridgehead atoms. The number of imide groups is 1. The van der Waals surface area contributed by atoms with Crippen molar-refractivity contribution in [2.24, 2.45) is 5.92 Å². The zero-order valence-corrected chi connectivity index (χ0v) is 18.0. The Morgan fingerprint density at radius 3 is 2.07 bits per heavy atom. The summed E-state index contributed by atoms with van der Waals surface area (Å²) in [6, 6.07) is 9.09. The number of hydrogen-bond donors (Lipinski definition) is 0. The fourth-order valence-corrected chi connectivity index (χ4v) is 5.79. The zero-order chi connectivity index (χ0) is 20.4. The minimum Gasteiger partial charge on any atom is -0.274 e. The zero-order valence-electron chi connectivity index (χ0n) is 15.0. The van der Waals surface area contributed by atoms with Gasteiger partial charge in [-0.2, -0.15) is 0 Å². The van der Waals surface area contributed by atoms with Gasteiger partial charge in [-0.25, -0.2) is 14.9 Å². The first kappa shape index (κ1) is 19.6. The van der Waals surface area contributed by atoms with Crippen LogP contribution < -0.4 is 4.90 Å². The minimum atomic E-state index is -0.570. The highest BCUT2D eigenvalue weighted by Gasteiger charge is 2.63. The lowest BCUT2D eigenvalue weighted by molar-refractivity contribution is -0.126. The predicted octanol–water partition coefficient (Wildman–Crippen LogP) is 4.84. The number of rotatable bonds is 2. The molecule has 3 atom stereocenters. The number of benzene rings is 2.